The zero-order valence-corrected chi connectivity index (χ0v) is 10.9. The van der Waals surface area contributed by atoms with Crippen molar-refractivity contribution in [3.63, 3.8) is 0 Å². The van der Waals surface area contributed by atoms with Crippen LogP contribution in [0.1, 0.15) is 15.9 Å². The van der Waals surface area contributed by atoms with Crippen molar-refractivity contribution in [1.82, 2.24) is 4.98 Å². The molecule has 1 amide bonds. The third-order valence-corrected chi connectivity index (χ3v) is 3.18. The van der Waals surface area contributed by atoms with E-state index < -0.39 is 11.7 Å². The lowest BCUT2D eigenvalue weighted by molar-refractivity contribution is 0.102. The number of aromatic nitrogens is 1. The summed E-state index contributed by atoms with van der Waals surface area (Å²) in [6.07, 6.45) is 1.74. The summed E-state index contributed by atoms with van der Waals surface area (Å²) >= 11 is 0. The molecule has 3 rings (SSSR count). The Balaban J connectivity index is 1.94. The van der Waals surface area contributed by atoms with E-state index in [1.54, 1.807) is 18.3 Å². The number of nitrogens with zero attached hydrogens (tertiary/aromatic N) is 1. The molecule has 0 spiro atoms. The predicted octanol–water partition coefficient (Wildman–Crippen LogP) is 3.43. The fourth-order valence-corrected chi connectivity index (χ4v) is 2.15. The van der Waals surface area contributed by atoms with Crippen molar-refractivity contribution in [1.29, 1.82) is 5.26 Å². The Kier molecular flexibility index (Phi) is 3.13. The summed E-state index contributed by atoms with van der Waals surface area (Å²) < 4.78 is 13.8. The number of hydrogen-bond acceptors (Lipinski definition) is 2. The van der Waals surface area contributed by atoms with Gasteiger partial charge in [-0.2, -0.15) is 5.26 Å². The van der Waals surface area contributed by atoms with Crippen molar-refractivity contribution in [3.8, 4) is 6.07 Å². The summed E-state index contributed by atoms with van der Waals surface area (Å²) in [7, 11) is 0. The van der Waals surface area contributed by atoms with Crippen LogP contribution in [0.3, 0.4) is 0 Å². The van der Waals surface area contributed by atoms with Gasteiger partial charge in [0.1, 0.15) is 5.82 Å². The Morgan fingerprint density at radius 3 is 2.86 bits per heavy atom. The second-order valence-electron chi connectivity index (χ2n) is 4.51. The molecule has 0 bridgehead atoms. The van der Waals surface area contributed by atoms with Gasteiger partial charge in [-0.3, -0.25) is 4.79 Å². The first-order chi connectivity index (χ1) is 10.2. The Hall–Kier alpha value is -3.13. The van der Waals surface area contributed by atoms with E-state index in [1.165, 1.54) is 12.1 Å². The van der Waals surface area contributed by atoms with Crippen molar-refractivity contribution in [2.75, 3.05) is 5.32 Å². The van der Waals surface area contributed by atoms with Gasteiger partial charge >= 0.3 is 0 Å². The molecule has 3 aromatic rings. The number of fused-ring (bicyclic) bond motifs is 1. The molecule has 102 valence electrons. The van der Waals surface area contributed by atoms with Crippen LogP contribution in [-0.2, 0) is 0 Å². The summed E-state index contributed by atoms with van der Waals surface area (Å²) in [5, 5.41) is 12.1. The number of anilines is 1. The number of hydrogen-bond donors (Lipinski definition) is 2. The zero-order chi connectivity index (χ0) is 14.8. The second kappa shape index (κ2) is 5.10. The van der Waals surface area contributed by atoms with E-state index in [4.69, 9.17) is 5.26 Å². The molecular formula is C16H10FN3O. The van der Waals surface area contributed by atoms with E-state index in [0.717, 1.165) is 11.5 Å². The van der Waals surface area contributed by atoms with E-state index in [1.807, 2.05) is 18.2 Å². The van der Waals surface area contributed by atoms with Crippen molar-refractivity contribution in [3.05, 3.63) is 65.6 Å². The summed E-state index contributed by atoms with van der Waals surface area (Å²) in [5.74, 6) is -1.05. The first-order valence-corrected chi connectivity index (χ1v) is 6.26. The SMILES string of the molecule is N#Cc1ccc(NC(=O)c2cccc3cc[nH]c23)c(F)c1. The molecule has 1 heterocycles. The van der Waals surface area contributed by atoms with Crippen molar-refractivity contribution in [2.24, 2.45) is 0 Å². The van der Waals surface area contributed by atoms with Gasteiger partial charge in [-0.25, -0.2) is 4.39 Å². The summed E-state index contributed by atoms with van der Waals surface area (Å²) in [4.78, 5) is 15.3. The third-order valence-electron chi connectivity index (χ3n) is 3.18. The van der Waals surface area contributed by atoms with E-state index >= 15 is 0 Å². The molecule has 2 N–H and O–H groups in total. The van der Waals surface area contributed by atoms with Crippen LogP contribution in [0.4, 0.5) is 10.1 Å². The average Bonchev–Trinajstić information content (AvgIpc) is 2.97. The molecule has 0 aliphatic rings. The van der Waals surface area contributed by atoms with Gasteiger partial charge in [0.15, 0.2) is 0 Å². The van der Waals surface area contributed by atoms with Crippen molar-refractivity contribution < 1.29 is 9.18 Å². The maximum Gasteiger partial charge on any atom is 0.257 e. The highest BCUT2D eigenvalue weighted by molar-refractivity contribution is 6.12. The first-order valence-electron chi connectivity index (χ1n) is 6.26. The second-order valence-corrected chi connectivity index (χ2v) is 4.51. The Morgan fingerprint density at radius 1 is 1.24 bits per heavy atom. The molecule has 0 unspecified atom stereocenters. The molecule has 0 saturated heterocycles. The molecule has 1 aromatic heterocycles. The van der Waals surface area contributed by atoms with E-state index in [2.05, 4.69) is 10.3 Å². The molecule has 0 saturated carbocycles. The van der Waals surface area contributed by atoms with E-state index in [0.29, 0.717) is 11.1 Å². The van der Waals surface area contributed by atoms with Gasteiger partial charge in [0.2, 0.25) is 0 Å². The predicted molar refractivity (Wildman–Crippen MR) is 77.4 cm³/mol. The van der Waals surface area contributed by atoms with E-state index in [9.17, 15) is 9.18 Å². The maximum atomic E-state index is 13.8. The molecule has 5 heteroatoms. The number of aromatic amines is 1. The van der Waals surface area contributed by atoms with Gasteiger partial charge in [-0.15, -0.1) is 0 Å². The number of carbonyl (C=O) groups is 1. The summed E-state index contributed by atoms with van der Waals surface area (Å²) in [6, 6.07) is 12.9. The number of H-pyrrole nitrogens is 1. The lowest BCUT2D eigenvalue weighted by Crippen LogP contribution is -2.13. The normalized spacial score (nSPS) is 10.3. The highest BCUT2D eigenvalue weighted by Crippen LogP contribution is 2.20. The number of para-hydroxylation sites is 1. The fraction of sp³-hybridized carbons (Fsp3) is 0. The van der Waals surface area contributed by atoms with Crippen LogP contribution in [0.25, 0.3) is 10.9 Å². The smallest absolute Gasteiger partial charge is 0.257 e. The number of nitriles is 1. The zero-order valence-electron chi connectivity index (χ0n) is 10.9. The Bertz CT molecular complexity index is 877. The standard InChI is InChI=1S/C16H10FN3O/c17-13-8-10(9-18)4-5-14(13)20-16(21)12-3-1-2-11-6-7-19-15(11)12/h1-8,19H,(H,20,21). The Morgan fingerprint density at radius 2 is 2.10 bits per heavy atom. The molecule has 21 heavy (non-hydrogen) atoms. The van der Waals surface area contributed by atoms with Crippen LogP contribution in [0.15, 0.2) is 48.7 Å². The van der Waals surface area contributed by atoms with Crippen LogP contribution in [0.2, 0.25) is 0 Å². The number of carbonyl (C=O) groups excluding carboxylic acids is 1. The number of amides is 1. The van der Waals surface area contributed by atoms with Gasteiger partial charge in [0.25, 0.3) is 5.91 Å². The number of halogens is 1. The highest BCUT2D eigenvalue weighted by Gasteiger charge is 2.13. The molecule has 4 nitrogen and oxygen atoms in total. The molecular weight excluding hydrogens is 269 g/mol. The molecule has 0 aliphatic heterocycles. The molecule has 0 radical (unpaired) electrons. The monoisotopic (exact) mass is 279 g/mol. The lowest BCUT2D eigenvalue weighted by Gasteiger charge is -2.07. The van der Waals surface area contributed by atoms with Gasteiger partial charge in [-0.1, -0.05) is 12.1 Å². The van der Waals surface area contributed by atoms with Crippen LogP contribution in [0, 0.1) is 17.1 Å². The molecule has 0 aliphatic carbocycles. The van der Waals surface area contributed by atoms with Gasteiger partial charge < -0.3 is 10.3 Å². The average molecular weight is 279 g/mol. The van der Waals surface area contributed by atoms with Crippen LogP contribution in [0.5, 0.6) is 0 Å². The van der Waals surface area contributed by atoms with Crippen LogP contribution >= 0.6 is 0 Å². The fourth-order valence-electron chi connectivity index (χ4n) is 2.15. The maximum absolute atomic E-state index is 13.8. The van der Waals surface area contributed by atoms with E-state index in [-0.39, 0.29) is 11.3 Å². The third kappa shape index (κ3) is 2.35. The molecule has 0 fully saturated rings. The van der Waals surface area contributed by atoms with Crippen LogP contribution in [-0.4, -0.2) is 10.9 Å². The highest BCUT2D eigenvalue weighted by atomic mass is 19.1. The number of benzene rings is 2. The minimum absolute atomic E-state index is 0.0440. The Labute approximate surface area is 119 Å². The van der Waals surface area contributed by atoms with Gasteiger partial charge in [0, 0.05) is 11.6 Å². The van der Waals surface area contributed by atoms with Gasteiger partial charge in [-0.05, 0) is 30.3 Å². The summed E-state index contributed by atoms with van der Waals surface area (Å²) in [6.45, 7) is 0. The van der Waals surface area contributed by atoms with Crippen molar-refractivity contribution >= 4 is 22.5 Å². The number of nitrogens with one attached hydrogen (secondary N) is 2. The lowest BCUT2D eigenvalue weighted by atomic mass is 10.1. The quantitative estimate of drug-likeness (QED) is 0.754. The number of rotatable bonds is 2. The first kappa shape index (κ1) is 12.9. The minimum Gasteiger partial charge on any atom is -0.361 e. The minimum atomic E-state index is -0.638. The van der Waals surface area contributed by atoms with Crippen LogP contribution < -0.4 is 5.32 Å². The molecule has 2 aromatic carbocycles. The van der Waals surface area contributed by atoms with Crippen molar-refractivity contribution in [2.45, 2.75) is 0 Å². The molecule has 0 atom stereocenters. The van der Waals surface area contributed by atoms with Gasteiger partial charge in [0.05, 0.1) is 28.4 Å². The topological polar surface area (TPSA) is 68.7 Å². The summed E-state index contributed by atoms with van der Waals surface area (Å²) in [5.41, 5.74) is 1.38. The largest absolute Gasteiger partial charge is 0.361 e.